The van der Waals surface area contributed by atoms with Gasteiger partial charge in [-0.15, -0.1) is 0 Å². The number of esters is 1. The number of carbonyl (C=O) groups is 1. The van der Waals surface area contributed by atoms with Crippen LogP contribution in [-0.4, -0.2) is 25.7 Å². The Morgan fingerprint density at radius 3 is 2.78 bits per heavy atom. The predicted molar refractivity (Wildman–Crippen MR) is 111 cm³/mol. The Balaban J connectivity index is 1.79. The van der Waals surface area contributed by atoms with E-state index in [9.17, 15) is 4.79 Å². The van der Waals surface area contributed by atoms with Crippen LogP contribution in [0, 0.1) is 11.3 Å². The number of benzene rings is 1. The molecule has 0 aromatic heterocycles. The summed E-state index contributed by atoms with van der Waals surface area (Å²) in [7, 11) is 0. The van der Waals surface area contributed by atoms with Crippen LogP contribution >= 0.6 is 0 Å². The first-order valence-electron chi connectivity index (χ1n) is 10.8. The third-order valence-corrected chi connectivity index (χ3v) is 7.27. The van der Waals surface area contributed by atoms with E-state index < -0.39 is 0 Å². The van der Waals surface area contributed by atoms with Gasteiger partial charge in [0.05, 0.1) is 13.2 Å². The highest BCUT2D eigenvalue weighted by Gasteiger charge is 2.51. The van der Waals surface area contributed by atoms with E-state index in [1.54, 1.807) is 11.1 Å². The molecule has 2 aliphatic rings. The van der Waals surface area contributed by atoms with Gasteiger partial charge < -0.3 is 10.1 Å². The van der Waals surface area contributed by atoms with Crippen molar-refractivity contribution in [3.8, 4) is 0 Å². The Labute approximate surface area is 165 Å². The Bertz CT molecular complexity index is 683. The zero-order valence-electron chi connectivity index (χ0n) is 17.9. The molecule has 3 nitrogen and oxygen atoms in total. The summed E-state index contributed by atoms with van der Waals surface area (Å²) in [5.74, 6) is 1.10. The number of hydrogen-bond donors (Lipinski definition) is 1. The van der Waals surface area contributed by atoms with Gasteiger partial charge in [0.25, 0.3) is 0 Å². The Hall–Kier alpha value is -1.35. The smallest absolute Gasteiger partial charge is 0.319 e. The van der Waals surface area contributed by atoms with Crippen LogP contribution in [0.4, 0.5) is 0 Å². The van der Waals surface area contributed by atoms with Crippen molar-refractivity contribution in [3.05, 3.63) is 34.9 Å². The molecule has 0 aliphatic heterocycles. The van der Waals surface area contributed by atoms with Crippen molar-refractivity contribution < 1.29 is 9.53 Å². The summed E-state index contributed by atoms with van der Waals surface area (Å²) in [6.45, 7) is 13.0. The highest BCUT2D eigenvalue weighted by Crippen LogP contribution is 2.57. The second-order valence-corrected chi connectivity index (χ2v) is 9.50. The SMILES string of the molecule is CCOC(=O)CNC[C@]1(C)CCC[C@]2(C)c3ccc(C(C)C)cc3CC[C@@H]12. The van der Waals surface area contributed by atoms with Gasteiger partial charge >= 0.3 is 5.97 Å². The fraction of sp³-hybridized carbons (Fsp3) is 0.708. The van der Waals surface area contributed by atoms with E-state index in [2.05, 4.69) is 51.2 Å². The molecule has 0 bridgehead atoms. The molecule has 1 aromatic rings. The van der Waals surface area contributed by atoms with Crippen molar-refractivity contribution in [2.45, 2.75) is 78.1 Å². The first-order chi connectivity index (χ1) is 12.8. The quantitative estimate of drug-likeness (QED) is 0.717. The predicted octanol–water partition coefficient (Wildman–Crippen LogP) is 4.97. The van der Waals surface area contributed by atoms with Crippen LogP contribution in [0.15, 0.2) is 18.2 Å². The molecule has 3 atom stereocenters. The molecule has 27 heavy (non-hydrogen) atoms. The number of ether oxygens (including phenoxy) is 1. The topological polar surface area (TPSA) is 38.3 Å². The minimum Gasteiger partial charge on any atom is -0.465 e. The zero-order valence-corrected chi connectivity index (χ0v) is 17.9. The molecular weight excluding hydrogens is 334 g/mol. The minimum absolute atomic E-state index is 0.144. The largest absolute Gasteiger partial charge is 0.465 e. The molecule has 0 radical (unpaired) electrons. The van der Waals surface area contributed by atoms with Gasteiger partial charge in [-0.05, 0) is 72.0 Å². The molecule has 2 aliphatic carbocycles. The molecule has 0 spiro atoms. The Kier molecular flexibility index (Phi) is 6.00. The molecule has 1 fully saturated rings. The van der Waals surface area contributed by atoms with E-state index >= 15 is 0 Å². The van der Waals surface area contributed by atoms with E-state index in [0.717, 1.165) is 6.54 Å². The summed E-state index contributed by atoms with van der Waals surface area (Å²) in [5.41, 5.74) is 5.10. The van der Waals surface area contributed by atoms with Crippen molar-refractivity contribution in [3.63, 3.8) is 0 Å². The van der Waals surface area contributed by atoms with Crippen LogP contribution < -0.4 is 5.32 Å². The van der Waals surface area contributed by atoms with Crippen LogP contribution in [0.3, 0.4) is 0 Å². The summed E-state index contributed by atoms with van der Waals surface area (Å²) >= 11 is 0. The maximum Gasteiger partial charge on any atom is 0.319 e. The van der Waals surface area contributed by atoms with Gasteiger partial charge in [-0.2, -0.15) is 0 Å². The second-order valence-electron chi connectivity index (χ2n) is 9.50. The third kappa shape index (κ3) is 3.94. The first-order valence-corrected chi connectivity index (χ1v) is 10.8. The number of aryl methyl sites for hydroxylation is 1. The van der Waals surface area contributed by atoms with Crippen LogP contribution in [0.5, 0.6) is 0 Å². The van der Waals surface area contributed by atoms with Crippen LogP contribution in [0.2, 0.25) is 0 Å². The minimum atomic E-state index is -0.144. The van der Waals surface area contributed by atoms with Gasteiger partial charge in [-0.25, -0.2) is 0 Å². The number of carbonyl (C=O) groups excluding carboxylic acids is 1. The molecule has 1 N–H and O–H groups in total. The Morgan fingerprint density at radius 2 is 2.07 bits per heavy atom. The highest BCUT2D eigenvalue weighted by atomic mass is 16.5. The Morgan fingerprint density at radius 1 is 1.30 bits per heavy atom. The number of fused-ring (bicyclic) bond motifs is 3. The van der Waals surface area contributed by atoms with E-state index in [-0.39, 0.29) is 16.8 Å². The molecule has 0 heterocycles. The lowest BCUT2D eigenvalue weighted by molar-refractivity contribution is -0.142. The fourth-order valence-corrected chi connectivity index (χ4v) is 5.88. The van der Waals surface area contributed by atoms with E-state index in [1.807, 2.05) is 6.92 Å². The summed E-state index contributed by atoms with van der Waals surface area (Å²) < 4.78 is 5.07. The highest BCUT2D eigenvalue weighted by molar-refractivity contribution is 5.71. The van der Waals surface area contributed by atoms with Gasteiger partial charge in [0.2, 0.25) is 0 Å². The second kappa shape index (κ2) is 7.95. The average molecular weight is 372 g/mol. The molecule has 3 rings (SSSR count). The lowest BCUT2D eigenvalue weighted by Crippen LogP contribution is -2.53. The monoisotopic (exact) mass is 371 g/mol. The van der Waals surface area contributed by atoms with Crippen LogP contribution in [-0.2, 0) is 21.4 Å². The zero-order chi connectivity index (χ0) is 19.7. The maximum atomic E-state index is 11.7. The van der Waals surface area contributed by atoms with Crippen molar-refractivity contribution in [2.75, 3.05) is 19.7 Å². The van der Waals surface area contributed by atoms with Gasteiger partial charge in [-0.3, -0.25) is 4.79 Å². The molecule has 0 unspecified atom stereocenters. The number of nitrogens with one attached hydrogen (secondary N) is 1. The van der Waals surface area contributed by atoms with Gasteiger partial charge in [0.15, 0.2) is 0 Å². The molecule has 0 saturated heterocycles. The molecule has 1 saturated carbocycles. The summed E-state index contributed by atoms with van der Waals surface area (Å²) in [6.07, 6.45) is 6.21. The lowest BCUT2D eigenvalue weighted by Gasteiger charge is -2.55. The van der Waals surface area contributed by atoms with Crippen molar-refractivity contribution in [1.29, 1.82) is 0 Å². The standard InChI is InChI=1S/C24H37NO2/c1-6-27-22(26)15-25-16-23(4)12-7-13-24(5)20-10-8-18(17(2)3)14-19(20)9-11-21(23)24/h8,10,14,17,21,25H,6-7,9,11-13,15-16H2,1-5H3/t21-,23-,24+/m0/s1. The molecule has 1 aromatic carbocycles. The summed E-state index contributed by atoms with van der Waals surface area (Å²) in [4.78, 5) is 11.7. The molecule has 150 valence electrons. The molecule has 3 heteroatoms. The van der Waals surface area contributed by atoms with Crippen molar-refractivity contribution >= 4 is 5.97 Å². The van der Waals surface area contributed by atoms with Gasteiger partial charge in [-0.1, -0.05) is 52.3 Å². The van der Waals surface area contributed by atoms with Crippen molar-refractivity contribution in [2.24, 2.45) is 11.3 Å². The van der Waals surface area contributed by atoms with Gasteiger partial charge in [0, 0.05) is 6.54 Å². The van der Waals surface area contributed by atoms with E-state index in [4.69, 9.17) is 4.74 Å². The number of rotatable bonds is 6. The van der Waals surface area contributed by atoms with E-state index in [1.165, 1.54) is 37.7 Å². The van der Waals surface area contributed by atoms with Crippen LogP contribution in [0.25, 0.3) is 0 Å². The first kappa shape index (κ1) is 20.4. The van der Waals surface area contributed by atoms with E-state index in [0.29, 0.717) is 25.0 Å². The maximum absolute atomic E-state index is 11.7. The normalized spacial score (nSPS) is 29.9. The van der Waals surface area contributed by atoms with Crippen LogP contribution in [0.1, 0.15) is 82.9 Å². The fourth-order valence-electron chi connectivity index (χ4n) is 5.88. The number of hydrogen-bond acceptors (Lipinski definition) is 3. The lowest BCUT2D eigenvalue weighted by atomic mass is 9.49. The average Bonchev–Trinajstić information content (AvgIpc) is 2.61. The summed E-state index contributed by atoms with van der Waals surface area (Å²) in [5, 5.41) is 3.40. The van der Waals surface area contributed by atoms with Gasteiger partial charge in [0.1, 0.15) is 0 Å². The third-order valence-electron chi connectivity index (χ3n) is 7.27. The molecular formula is C24H37NO2. The molecule has 0 amide bonds. The van der Waals surface area contributed by atoms with Crippen molar-refractivity contribution in [1.82, 2.24) is 5.32 Å². The summed E-state index contributed by atoms with van der Waals surface area (Å²) in [6, 6.07) is 7.24.